The Morgan fingerprint density at radius 1 is 1.03 bits per heavy atom. The number of benzene rings is 2. The van der Waals surface area contributed by atoms with Gasteiger partial charge in [0.2, 0.25) is 5.16 Å². The molecule has 8 heteroatoms. The third kappa shape index (κ3) is 3.37. The maximum absolute atomic E-state index is 13.3. The van der Waals surface area contributed by atoms with Crippen molar-refractivity contribution in [3.05, 3.63) is 76.9 Å². The molecule has 6 nitrogen and oxygen atoms in total. The van der Waals surface area contributed by atoms with Crippen LogP contribution in [0.3, 0.4) is 0 Å². The second kappa shape index (κ2) is 7.60. The van der Waals surface area contributed by atoms with Crippen LogP contribution in [-0.2, 0) is 18.6 Å². The number of nitrogen functional groups attached to an aromatic ring is 1. The molecule has 0 spiro atoms. The van der Waals surface area contributed by atoms with E-state index in [0.29, 0.717) is 16.7 Å². The van der Waals surface area contributed by atoms with Crippen LogP contribution in [0.15, 0.2) is 53.7 Å². The van der Waals surface area contributed by atoms with Crippen LogP contribution in [0.25, 0.3) is 17.1 Å². The summed E-state index contributed by atoms with van der Waals surface area (Å²) in [5, 5.41) is 14.0. The van der Waals surface area contributed by atoms with Crippen molar-refractivity contribution in [2.24, 2.45) is 0 Å². The summed E-state index contributed by atoms with van der Waals surface area (Å²) in [6.45, 7) is 2.04. The van der Waals surface area contributed by atoms with Crippen molar-refractivity contribution in [2.45, 2.75) is 37.1 Å². The van der Waals surface area contributed by atoms with Crippen LogP contribution in [-0.4, -0.2) is 24.7 Å². The molecule has 0 fully saturated rings. The average Bonchev–Trinajstić information content (AvgIpc) is 3.44. The number of fused-ring (bicyclic) bond motifs is 1. The Kier molecular flexibility index (Phi) is 4.78. The average molecular weight is 421 g/mol. The predicted octanol–water partition coefficient (Wildman–Crippen LogP) is 4.07. The van der Waals surface area contributed by atoms with Gasteiger partial charge in [0, 0.05) is 17.0 Å². The number of nitrogens with zero attached hydrogens (tertiary/aromatic N) is 5. The van der Waals surface area contributed by atoms with E-state index >= 15 is 0 Å². The van der Waals surface area contributed by atoms with Crippen LogP contribution in [0.1, 0.15) is 28.9 Å². The molecule has 0 saturated heterocycles. The highest BCUT2D eigenvalue weighted by atomic mass is 32.2. The van der Waals surface area contributed by atoms with Gasteiger partial charge in [-0.25, -0.2) is 13.7 Å². The first-order valence-corrected chi connectivity index (χ1v) is 10.8. The Morgan fingerprint density at radius 3 is 2.57 bits per heavy atom. The van der Waals surface area contributed by atoms with Gasteiger partial charge < -0.3 is 5.84 Å². The molecule has 0 atom stereocenters. The third-order valence-electron chi connectivity index (χ3n) is 5.40. The molecule has 0 unspecified atom stereocenters. The quantitative estimate of drug-likeness (QED) is 0.389. The minimum Gasteiger partial charge on any atom is -0.335 e. The minimum absolute atomic E-state index is 0.245. The van der Waals surface area contributed by atoms with Crippen LogP contribution in [0.2, 0.25) is 0 Å². The van der Waals surface area contributed by atoms with Gasteiger partial charge in [-0.1, -0.05) is 41.6 Å². The summed E-state index contributed by atoms with van der Waals surface area (Å²) in [4.78, 5) is 0. The number of hydrogen-bond donors (Lipinski definition) is 1. The van der Waals surface area contributed by atoms with E-state index in [1.54, 1.807) is 12.1 Å². The fourth-order valence-electron chi connectivity index (χ4n) is 3.83. The van der Waals surface area contributed by atoms with Gasteiger partial charge in [0.25, 0.3) is 0 Å². The van der Waals surface area contributed by atoms with E-state index in [0.717, 1.165) is 36.2 Å². The third-order valence-corrected chi connectivity index (χ3v) is 6.35. The van der Waals surface area contributed by atoms with Crippen molar-refractivity contribution in [1.29, 1.82) is 0 Å². The molecule has 0 bridgehead atoms. The molecular weight excluding hydrogens is 399 g/mol. The number of aromatic nitrogens is 5. The molecule has 1 aliphatic carbocycles. The molecule has 1 aliphatic rings. The summed E-state index contributed by atoms with van der Waals surface area (Å²) in [6, 6.07) is 14.5. The summed E-state index contributed by atoms with van der Waals surface area (Å²) in [6.07, 6.45) is 3.10. The number of nitrogens with two attached hydrogens (primary N) is 1. The Morgan fingerprint density at radius 2 is 1.80 bits per heavy atom. The van der Waals surface area contributed by atoms with Gasteiger partial charge in [-0.15, -0.1) is 10.2 Å². The van der Waals surface area contributed by atoms with Crippen molar-refractivity contribution in [2.75, 3.05) is 5.84 Å². The maximum Gasteiger partial charge on any atom is 0.210 e. The van der Waals surface area contributed by atoms with E-state index in [1.807, 2.05) is 35.9 Å². The van der Waals surface area contributed by atoms with E-state index < -0.39 is 0 Å². The summed E-state index contributed by atoms with van der Waals surface area (Å²) in [5.41, 5.74) is 6.53. The zero-order valence-electron chi connectivity index (χ0n) is 16.5. The highest BCUT2D eigenvalue weighted by Crippen LogP contribution is 2.32. The first kappa shape index (κ1) is 18.9. The molecule has 4 aromatic rings. The monoisotopic (exact) mass is 420 g/mol. The molecular formula is C22H21FN6S. The largest absolute Gasteiger partial charge is 0.335 e. The highest BCUT2D eigenvalue weighted by Gasteiger charge is 2.24. The first-order valence-electron chi connectivity index (χ1n) is 9.86. The molecule has 5 rings (SSSR count). The van der Waals surface area contributed by atoms with E-state index in [1.165, 1.54) is 45.4 Å². The van der Waals surface area contributed by atoms with Gasteiger partial charge in [0.15, 0.2) is 5.82 Å². The number of halogens is 1. The molecule has 0 amide bonds. The van der Waals surface area contributed by atoms with Gasteiger partial charge in [-0.2, -0.15) is 5.10 Å². The predicted molar refractivity (Wildman–Crippen MR) is 115 cm³/mol. The van der Waals surface area contributed by atoms with Crippen LogP contribution in [0.4, 0.5) is 4.39 Å². The Hall–Kier alpha value is -3.13. The van der Waals surface area contributed by atoms with E-state index in [4.69, 9.17) is 10.9 Å². The van der Waals surface area contributed by atoms with Crippen molar-refractivity contribution in [3.63, 3.8) is 0 Å². The number of aryl methyl sites for hydroxylation is 1. The molecule has 30 heavy (non-hydrogen) atoms. The fourth-order valence-corrected chi connectivity index (χ4v) is 4.66. The molecule has 2 aromatic heterocycles. The minimum atomic E-state index is -0.245. The second-order valence-electron chi connectivity index (χ2n) is 7.44. The normalized spacial score (nSPS) is 13.0. The number of hydrogen-bond acceptors (Lipinski definition) is 5. The molecule has 0 radical (unpaired) electrons. The number of thioether (sulfide) groups is 1. The summed E-state index contributed by atoms with van der Waals surface area (Å²) in [7, 11) is 0. The van der Waals surface area contributed by atoms with Crippen LogP contribution >= 0.6 is 11.8 Å². The Balaban J connectivity index is 1.39. The van der Waals surface area contributed by atoms with Crippen molar-refractivity contribution in [1.82, 2.24) is 24.7 Å². The van der Waals surface area contributed by atoms with Gasteiger partial charge in [-0.05, 0) is 56.0 Å². The van der Waals surface area contributed by atoms with Crippen LogP contribution < -0.4 is 5.84 Å². The number of rotatable bonds is 5. The Bertz CT molecular complexity index is 1190. The van der Waals surface area contributed by atoms with E-state index in [9.17, 15) is 4.39 Å². The lowest BCUT2D eigenvalue weighted by Gasteiger charge is -2.05. The van der Waals surface area contributed by atoms with E-state index in [-0.39, 0.29) is 5.82 Å². The highest BCUT2D eigenvalue weighted by molar-refractivity contribution is 7.98. The SMILES string of the molecule is Cc1ccc(-c2nnc(SCc3nn(-c4ccc(F)cc4)c4c3CCC4)n2N)cc1. The summed E-state index contributed by atoms with van der Waals surface area (Å²) < 4.78 is 16.8. The molecule has 2 aromatic carbocycles. The zero-order chi connectivity index (χ0) is 20.7. The summed E-state index contributed by atoms with van der Waals surface area (Å²) in [5.74, 6) is 7.32. The van der Waals surface area contributed by atoms with Gasteiger partial charge in [0.1, 0.15) is 5.82 Å². The Labute approximate surface area is 177 Å². The fraction of sp³-hybridized carbons (Fsp3) is 0.227. The lowest BCUT2D eigenvalue weighted by molar-refractivity contribution is 0.626. The zero-order valence-corrected chi connectivity index (χ0v) is 17.4. The van der Waals surface area contributed by atoms with Gasteiger partial charge in [-0.3, -0.25) is 0 Å². The molecule has 0 saturated carbocycles. The lowest BCUT2D eigenvalue weighted by atomic mass is 10.1. The first-order chi connectivity index (χ1) is 14.6. The topological polar surface area (TPSA) is 74.5 Å². The molecule has 2 N–H and O–H groups in total. The summed E-state index contributed by atoms with van der Waals surface area (Å²) >= 11 is 1.52. The van der Waals surface area contributed by atoms with Crippen LogP contribution in [0.5, 0.6) is 0 Å². The van der Waals surface area contributed by atoms with E-state index in [2.05, 4.69) is 10.2 Å². The van der Waals surface area contributed by atoms with Crippen molar-refractivity contribution in [3.8, 4) is 17.1 Å². The van der Waals surface area contributed by atoms with Crippen molar-refractivity contribution >= 4 is 11.8 Å². The molecule has 152 valence electrons. The van der Waals surface area contributed by atoms with Crippen LogP contribution in [0, 0.1) is 12.7 Å². The van der Waals surface area contributed by atoms with Gasteiger partial charge >= 0.3 is 0 Å². The van der Waals surface area contributed by atoms with Gasteiger partial charge in [0.05, 0.1) is 11.4 Å². The maximum atomic E-state index is 13.3. The smallest absolute Gasteiger partial charge is 0.210 e. The van der Waals surface area contributed by atoms with Crippen molar-refractivity contribution < 1.29 is 4.39 Å². The molecule has 2 heterocycles. The standard InChI is InChI=1S/C22H21FN6S/c1-14-5-7-15(8-6-14)21-25-26-22(28(21)24)30-13-19-18-3-2-4-20(18)29(27-19)17-11-9-16(23)10-12-17/h5-12H,2-4,13,24H2,1H3. The molecule has 0 aliphatic heterocycles. The lowest BCUT2D eigenvalue weighted by Crippen LogP contribution is -2.11. The second-order valence-corrected chi connectivity index (χ2v) is 8.39.